The summed E-state index contributed by atoms with van der Waals surface area (Å²) < 4.78 is 52.7. The first-order valence-corrected chi connectivity index (χ1v) is 5.45. The summed E-state index contributed by atoms with van der Waals surface area (Å²) in [5, 5.41) is 11.4. The first kappa shape index (κ1) is 15.4. The van der Waals surface area contributed by atoms with Crippen LogP contribution in [0, 0.1) is 17.1 Å². The first-order valence-electron chi connectivity index (χ1n) is 5.45. The molecule has 0 aliphatic carbocycles. The summed E-state index contributed by atoms with van der Waals surface area (Å²) in [6, 6.07) is 5.69. The zero-order valence-electron chi connectivity index (χ0n) is 9.93. The van der Waals surface area contributed by atoms with Crippen molar-refractivity contribution in [1.29, 1.82) is 5.26 Å². The first-order chi connectivity index (χ1) is 8.90. The molecule has 0 aliphatic heterocycles. The van der Waals surface area contributed by atoms with E-state index < -0.39 is 18.6 Å². The van der Waals surface area contributed by atoms with E-state index in [2.05, 4.69) is 10.1 Å². The highest BCUT2D eigenvalue weighted by Gasteiger charge is 2.27. The Kier molecular flexibility index (Phi) is 5.73. The fourth-order valence-electron chi connectivity index (χ4n) is 1.38. The van der Waals surface area contributed by atoms with Gasteiger partial charge in [-0.1, -0.05) is 0 Å². The second kappa shape index (κ2) is 7.07. The Labute approximate surface area is 107 Å². The Morgan fingerprint density at radius 2 is 2.00 bits per heavy atom. The van der Waals surface area contributed by atoms with E-state index >= 15 is 0 Å². The quantitative estimate of drug-likeness (QED) is 0.641. The van der Waals surface area contributed by atoms with Gasteiger partial charge in [0, 0.05) is 13.1 Å². The largest absolute Gasteiger partial charge is 0.411 e. The molecule has 0 amide bonds. The highest BCUT2D eigenvalue weighted by atomic mass is 19.4. The number of nitrogens with one attached hydrogen (secondary N) is 1. The molecule has 1 N–H and O–H groups in total. The van der Waals surface area contributed by atoms with Crippen molar-refractivity contribution in [2.75, 3.05) is 19.8 Å². The molecule has 1 rings (SSSR count). The normalized spacial score (nSPS) is 11.3. The average molecular weight is 276 g/mol. The summed E-state index contributed by atoms with van der Waals surface area (Å²) in [5.74, 6) is -0.524. The molecule has 1 aromatic rings. The molecule has 0 spiro atoms. The van der Waals surface area contributed by atoms with Crippen LogP contribution < -0.4 is 5.32 Å². The van der Waals surface area contributed by atoms with E-state index in [0.29, 0.717) is 5.56 Å². The van der Waals surface area contributed by atoms with Crippen LogP contribution in [-0.2, 0) is 11.3 Å². The molecule has 0 aromatic heterocycles. The van der Waals surface area contributed by atoms with E-state index in [0.717, 1.165) is 6.07 Å². The molecule has 0 heterocycles. The van der Waals surface area contributed by atoms with Gasteiger partial charge in [-0.3, -0.25) is 0 Å². The molecule has 104 valence electrons. The summed E-state index contributed by atoms with van der Waals surface area (Å²) in [6.07, 6.45) is -4.33. The number of hydrogen-bond acceptors (Lipinski definition) is 3. The standard InChI is InChI=1S/C12H12F4N2O/c13-11-4-9(6-17)3-10(5-11)7-18-1-2-19-8-12(14,15)16/h3-5,18H,1-2,7-8H2. The molecule has 0 radical (unpaired) electrons. The van der Waals surface area contributed by atoms with Crippen molar-refractivity contribution in [3.05, 3.63) is 35.1 Å². The van der Waals surface area contributed by atoms with E-state index in [-0.39, 0.29) is 25.3 Å². The fourth-order valence-corrected chi connectivity index (χ4v) is 1.38. The van der Waals surface area contributed by atoms with E-state index in [9.17, 15) is 17.6 Å². The Bertz CT molecular complexity index is 454. The smallest absolute Gasteiger partial charge is 0.371 e. The average Bonchev–Trinajstić information content (AvgIpc) is 2.31. The molecule has 0 unspecified atom stereocenters. The number of ether oxygens (including phenoxy) is 1. The maximum atomic E-state index is 13.0. The highest BCUT2D eigenvalue weighted by molar-refractivity contribution is 5.33. The van der Waals surface area contributed by atoms with Crippen molar-refractivity contribution >= 4 is 0 Å². The molecule has 0 bridgehead atoms. The van der Waals surface area contributed by atoms with Gasteiger partial charge in [0.25, 0.3) is 0 Å². The van der Waals surface area contributed by atoms with Crippen LogP contribution in [0.25, 0.3) is 0 Å². The van der Waals surface area contributed by atoms with Gasteiger partial charge in [-0.25, -0.2) is 4.39 Å². The van der Waals surface area contributed by atoms with Crippen molar-refractivity contribution in [1.82, 2.24) is 5.32 Å². The summed E-state index contributed by atoms with van der Waals surface area (Å²) in [6.45, 7) is -0.927. The van der Waals surface area contributed by atoms with Crippen molar-refractivity contribution in [3.63, 3.8) is 0 Å². The Morgan fingerprint density at radius 1 is 1.26 bits per heavy atom. The van der Waals surface area contributed by atoms with Gasteiger partial charge in [-0.2, -0.15) is 18.4 Å². The molecule has 0 saturated heterocycles. The zero-order valence-corrected chi connectivity index (χ0v) is 9.93. The van der Waals surface area contributed by atoms with Crippen LogP contribution >= 0.6 is 0 Å². The van der Waals surface area contributed by atoms with Gasteiger partial charge in [0.15, 0.2) is 0 Å². The molecule has 1 aromatic carbocycles. The predicted molar refractivity (Wildman–Crippen MR) is 59.7 cm³/mol. The lowest BCUT2D eigenvalue weighted by atomic mass is 10.1. The lowest BCUT2D eigenvalue weighted by Gasteiger charge is -2.08. The molecule has 0 fully saturated rings. The van der Waals surface area contributed by atoms with E-state index in [1.54, 1.807) is 0 Å². The van der Waals surface area contributed by atoms with Crippen LogP contribution in [0.2, 0.25) is 0 Å². The number of benzene rings is 1. The van der Waals surface area contributed by atoms with Crippen LogP contribution in [0.4, 0.5) is 17.6 Å². The number of alkyl halides is 3. The third-order valence-electron chi connectivity index (χ3n) is 2.10. The SMILES string of the molecule is N#Cc1cc(F)cc(CNCCOCC(F)(F)F)c1. The number of nitriles is 1. The summed E-state index contributed by atoms with van der Waals surface area (Å²) >= 11 is 0. The van der Waals surface area contributed by atoms with Gasteiger partial charge in [0.2, 0.25) is 0 Å². The van der Waals surface area contributed by atoms with Crippen LogP contribution in [0.1, 0.15) is 11.1 Å². The summed E-state index contributed by atoms with van der Waals surface area (Å²) in [4.78, 5) is 0. The van der Waals surface area contributed by atoms with Gasteiger partial charge >= 0.3 is 6.18 Å². The minimum atomic E-state index is -4.33. The van der Waals surface area contributed by atoms with Crippen molar-refractivity contribution < 1.29 is 22.3 Å². The van der Waals surface area contributed by atoms with Gasteiger partial charge in [0.05, 0.1) is 18.2 Å². The second-order valence-corrected chi connectivity index (χ2v) is 3.80. The minimum absolute atomic E-state index is 0.0973. The lowest BCUT2D eigenvalue weighted by Crippen LogP contribution is -2.23. The number of halogens is 4. The maximum absolute atomic E-state index is 13.0. The molecule has 0 saturated carbocycles. The van der Waals surface area contributed by atoms with Gasteiger partial charge < -0.3 is 10.1 Å². The fraction of sp³-hybridized carbons (Fsp3) is 0.417. The Morgan fingerprint density at radius 3 is 2.63 bits per heavy atom. The Balaban J connectivity index is 2.27. The third kappa shape index (κ3) is 6.74. The Hall–Kier alpha value is -1.65. The van der Waals surface area contributed by atoms with Crippen LogP contribution in [0.3, 0.4) is 0 Å². The molecule has 0 aliphatic rings. The number of hydrogen-bond donors (Lipinski definition) is 1. The molecular weight excluding hydrogens is 264 g/mol. The van der Waals surface area contributed by atoms with Crippen molar-refractivity contribution in [2.24, 2.45) is 0 Å². The van der Waals surface area contributed by atoms with Crippen molar-refractivity contribution in [3.8, 4) is 6.07 Å². The summed E-state index contributed by atoms with van der Waals surface area (Å²) in [7, 11) is 0. The summed E-state index contributed by atoms with van der Waals surface area (Å²) in [5.41, 5.74) is 0.748. The molecule has 0 atom stereocenters. The van der Waals surface area contributed by atoms with E-state index in [1.807, 2.05) is 6.07 Å². The maximum Gasteiger partial charge on any atom is 0.411 e. The van der Waals surface area contributed by atoms with Crippen LogP contribution in [0.15, 0.2) is 18.2 Å². The van der Waals surface area contributed by atoms with Gasteiger partial charge in [-0.05, 0) is 23.8 Å². The third-order valence-corrected chi connectivity index (χ3v) is 2.10. The van der Waals surface area contributed by atoms with E-state index in [1.165, 1.54) is 12.1 Å². The van der Waals surface area contributed by atoms with Crippen LogP contribution in [-0.4, -0.2) is 25.9 Å². The van der Waals surface area contributed by atoms with Gasteiger partial charge in [0.1, 0.15) is 12.4 Å². The molecule has 7 heteroatoms. The number of nitrogens with zero attached hydrogens (tertiary/aromatic N) is 1. The molecular formula is C12H12F4N2O. The predicted octanol–water partition coefficient (Wildman–Crippen LogP) is 2.37. The van der Waals surface area contributed by atoms with Crippen molar-refractivity contribution in [2.45, 2.75) is 12.7 Å². The number of rotatable bonds is 6. The van der Waals surface area contributed by atoms with Gasteiger partial charge in [-0.15, -0.1) is 0 Å². The molecule has 19 heavy (non-hydrogen) atoms. The minimum Gasteiger partial charge on any atom is -0.371 e. The monoisotopic (exact) mass is 276 g/mol. The van der Waals surface area contributed by atoms with E-state index in [4.69, 9.17) is 5.26 Å². The zero-order chi connectivity index (χ0) is 14.3. The lowest BCUT2D eigenvalue weighted by molar-refractivity contribution is -0.173. The van der Waals surface area contributed by atoms with Crippen LogP contribution in [0.5, 0.6) is 0 Å². The second-order valence-electron chi connectivity index (χ2n) is 3.80. The molecule has 3 nitrogen and oxygen atoms in total. The highest BCUT2D eigenvalue weighted by Crippen LogP contribution is 2.14. The topological polar surface area (TPSA) is 45.0 Å².